The van der Waals surface area contributed by atoms with Gasteiger partial charge >= 0.3 is 5.97 Å². The molecule has 2 aliphatic rings. The Kier molecular flexibility index (Phi) is 7.40. The van der Waals surface area contributed by atoms with Crippen LogP contribution in [0, 0.1) is 11.8 Å². The minimum Gasteiger partial charge on any atom is -0.468 e. The number of hydrogen-bond donors (Lipinski definition) is 0. The maximum absolute atomic E-state index is 11.8. The molecule has 0 spiro atoms. The Labute approximate surface area is 129 Å². The van der Waals surface area contributed by atoms with E-state index in [4.69, 9.17) is 9.47 Å². The second kappa shape index (κ2) is 8.54. The standard InChI is InChI=1S/C15H25NO3.C2H6/c1-5-16-13(15(17)18-4)9-19-14(16)12-7-6-10(2)8-11(12)3;1-2/h8,11-14H,5-7,9H2,1-4H3;1-2H3. The van der Waals surface area contributed by atoms with Crippen molar-refractivity contribution in [2.45, 2.75) is 59.7 Å². The zero-order valence-electron chi connectivity index (χ0n) is 14.4. The molecule has 0 amide bonds. The number of carbonyl (C=O) groups is 1. The Hall–Kier alpha value is -0.870. The number of ether oxygens (including phenoxy) is 2. The summed E-state index contributed by atoms with van der Waals surface area (Å²) in [5, 5.41) is 0. The minimum absolute atomic E-state index is 0.0495. The van der Waals surface area contributed by atoms with E-state index < -0.39 is 0 Å². The lowest BCUT2D eigenvalue weighted by Gasteiger charge is -2.36. The van der Waals surface area contributed by atoms with Crippen LogP contribution in [-0.2, 0) is 14.3 Å². The molecule has 1 heterocycles. The van der Waals surface area contributed by atoms with E-state index in [-0.39, 0.29) is 18.2 Å². The average molecular weight is 297 g/mol. The fraction of sp³-hybridized carbons (Fsp3) is 0.824. The Balaban J connectivity index is 0.00000106. The van der Waals surface area contributed by atoms with Gasteiger partial charge in [-0.15, -0.1) is 0 Å². The molecule has 0 aromatic carbocycles. The van der Waals surface area contributed by atoms with E-state index in [1.54, 1.807) is 0 Å². The summed E-state index contributed by atoms with van der Waals surface area (Å²) < 4.78 is 10.8. The molecule has 0 radical (unpaired) electrons. The van der Waals surface area contributed by atoms with Crippen molar-refractivity contribution in [3.63, 3.8) is 0 Å². The highest BCUT2D eigenvalue weighted by atomic mass is 16.5. The molecule has 1 aliphatic heterocycles. The topological polar surface area (TPSA) is 38.8 Å². The third-order valence-corrected chi connectivity index (χ3v) is 4.45. The summed E-state index contributed by atoms with van der Waals surface area (Å²) in [6.45, 7) is 11.8. The van der Waals surface area contributed by atoms with Crippen molar-refractivity contribution < 1.29 is 14.3 Å². The summed E-state index contributed by atoms with van der Waals surface area (Å²) in [7, 11) is 1.44. The van der Waals surface area contributed by atoms with Gasteiger partial charge in [-0.05, 0) is 32.2 Å². The van der Waals surface area contributed by atoms with E-state index in [0.29, 0.717) is 18.4 Å². The van der Waals surface area contributed by atoms with Crippen LogP contribution in [-0.4, -0.2) is 43.4 Å². The predicted molar refractivity (Wildman–Crippen MR) is 84.9 cm³/mol. The van der Waals surface area contributed by atoms with Gasteiger partial charge in [0, 0.05) is 5.92 Å². The molecule has 4 unspecified atom stereocenters. The van der Waals surface area contributed by atoms with Crippen molar-refractivity contribution in [3.05, 3.63) is 11.6 Å². The first-order chi connectivity index (χ1) is 10.1. The number of hydrogen-bond acceptors (Lipinski definition) is 4. The quantitative estimate of drug-likeness (QED) is 0.592. The van der Waals surface area contributed by atoms with Crippen molar-refractivity contribution in [3.8, 4) is 0 Å². The van der Waals surface area contributed by atoms with Crippen molar-refractivity contribution in [1.29, 1.82) is 0 Å². The first-order valence-corrected chi connectivity index (χ1v) is 8.21. The maximum Gasteiger partial charge on any atom is 0.325 e. The molecular weight excluding hydrogens is 266 g/mol. The molecule has 4 atom stereocenters. The lowest BCUT2D eigenvalue weighted by atomic mass is 9.80. The van der Waals surface area contributed by atoms with Crippen LogP contribution in [0.3, 0.4) is 0 Å². The third kappa shape index (κ3) is 4.07. The van der Waals surface area contributed by atoms with Crippen LogP contribution >= 0.6 is 0 Å². The summed E-state index contributed by atoms with van der Waals surface area (Å²) in [5.41, 5.74) is 1.47. The molecule has 122 valence electrons. The fourth-order valence-corrected chi connectivity index (χ4v) is 3.38. The maximum atomic E-state index is 11.8. The van der Waals surface area contributed by atoms with E-state index in [1.807, 2.05) is 13.8 Å². The molecule has 0 N–H and O–H groups in total. The highest BCUT2D eigenvalue weighted by molar-refractivity contribution is 5.76. The third-order valence-electron chi connectivity index (χ3n) is 4.45. The fourth-order valence-electron chi connectivity index (χ4n) is 3.38. The van der Waals surface area contributed by atoms with Crippen LogP contribution < -0.4 is 0 Å². The average Bonchev–Trinajstić information content (AvgIpc) is 2.92. The molecule has 1 aliphatic carbocycles. The van der Waals surface area contributed by atoms with Gasteiger partial charge in [-0.2, -0.15) is 0 Å². The predicted octanol–water partition coefficient (Wildman–Crippen LogP) is 3.22. The highest BCUT2D eigenvalue weighted by Crippen LogP contribution is 2.36. The van der Waals surface area contributed by atoms with E-state index in [9.17, 15) is 4.79 Å². The SMILES string of the molecule is CC.CCN1C(C(=O)OC)COC1C1CCC(C)=CC1C. The van der Waals surface area contributed by atoms with Crippen LogP contribution in [0.25, 0.3) is 0 Å². The number of rotatable bonds is 3. The monoisotopic (exact) mass is 297 g/mol. The van der Waals surface area contributed by atoms with Crippen molar-refractivity contribution >= 4 is 5.97 Å². The van der Waals surface area contributed by atoms with Gasteiger partial charge in [-0.1, -0.05) is 39.3 Å². The summed E-state index contributed by atoms with van der Waals surface area (Å²) in [5.74, 6) is 0.794. The van der Waals surface area contributed by atoms with Crippen LogP contribution in [0.5, 0.6) is 0 Å². The second-order valence-electron chi connectivity index (χ2n) is 5.67. The molecule has 1 saturated heterocycles. The van der Waals surface area contributed by atoms with Gasteiger partial charge < -0.3 is 9.47 Å². The molecule has 4 heteroatoms. The normalized spacial score (nSPS) is 33.0. The zero-order chi connectivity index (χ0) is 16.0. The van der Waals surface area contributed by atoms with Gasteiger partial charge in [-0.25, -0.2) is 0 Å². The van der Waals surface area contributed by atoms with Crippen LogP contribution in [0.1, 0.15) is 47.5 Å². The summed E-state index contributed by atoms with van der Waals surface area (Å²) >= 11 is 0. The van der Waals surface area contributed by atoms with Crippen LogP contribution in [0.15, 0.2) is 11.6 Å². The number of likely N-dealkylation sites (N-methyl/N-ethyl adjacent to an activating group) is 1. The molecule has 0 aromatic heterocycles. The number of nitrogens with zero attached hydrogens (tertiary/aromatic N) is 1. The summed E-state index contributed by atoms with van der Waals surface area (Å²) in [6, 6.07) is -0.237. The van der Waals surface area contributed by atoms with E-state index in [1.165, 1.54) is 12.7 Å². The smallest absolute Gasteiger partial charge is 0.325 e. The minimum atomic E-state index is -0.237. The molecule has 1 fully saturated rings. The summed E-state index contributed by atoms with van der Waals surface area (Å²) in [4.78, 5) is 13.9. The Morgan fingerprint density at radius 3 is 2.67 bits per heavy atom. The Morgan fingerprint density at radius 1 is 1.48 bits per heavy atom. The lowest BCUT2D eigenvalue weighted by Crippen LogP contribution is -2.46. The Bertz CT molecular complexity index is 367. The van der Waals surface area contributed by atoms with Gasteiger partial charge in [0.1, 0.15) is 12.3 Å². The van der Waals surface area contributed by atoms with Crippen LogP contribution in [0.4, 0.5) is 0 Å². The van der Waals surface area contributed by atoms with Crippen LogP contribution in [0.2, 0.25) is 0 Å². The molecule has 0 bridgehead atoms. The molecular formula is C17H31NO3. The van der Waals surface area contributed by atoms with Gasteiger partial charge in [0.25, 0.3) is 0 Å². The lowest BCUT2D eigenvalue weighted by molar-refractivity contribution is -0.146. The number of allylic oxidation sites excluding steroid dienone is 2. The van der Waals surface area contributed by atoms with Gasteiger partial charge in [0.15, 0.2) is 0 Å². The van der Waals surface area contributed by atoms with Crippen molar-refractivity contribution in [2.75, 3.05) is 20.3 Å². The van der Waals surface area contributed by atoms with E-state index in [2.05, 4.69) is 31.7 Å². The summed E-state index contributed by atoms with van der Waals surface area (Å²) in [6.07, 6.45) is 4.67. The van der Waals surface area contributed by atoms with E-state index in [0.717, 1.165) is 19.4 Å². The number of methoxy groups -OCH3 is 1. The number of carbonyl (C=O) groups excluding carboxylic acids is 1. The molecule has 4 nitrogen and oxygen atoms in total. The second-order valence-corrected chi connectivity index (χ2v) is 5.67. The van der Waals surface area contributed by atoms with E-state index >= 15 is 0 Å². The first kappa shape index (κ1) is 18.2. The Morgan fingerprint density at radius 2 is 2.14 bits per heavy atom. The van der Waals surface area contributed by atoms with Gasteiger partial charge in [0.2, 0.25) is 0 Å². The molecule has 2 rings (SSSR count). The molecule has 21 heavy (non-hydrogen) atoms. The highest BCUT2D eigenvalue weighted by Gasteiger charge is 2.43. The van der Waals surface area contributed by atoms with Gasteiger partial charge in [0.05, 0.1) is 13.7 Å². The molecule has 0 saturated carbocycles. The zero-order valence-corrected chi connectivity index (χ0v) is 14.4. The largest absolute Gasteiger partial charge is 0.468 e. The van der Waals surface area contributed by atoms with Crippen molar-refractivity contribution in [2.24, 2.45) is 11.8 Å². The van der Waals surface area contributed by atoms with Crippen molar-refractivity contribution in [1.82, 2.24) is 4.90 Å². The molecule has 0 aromatic rings. The first-order valence-electron chi connectivity index (χ1n) is 8.21. The van der Waals surface area contributed by atoms with Gasteiger partial charge in [-0.3, -0.25) is 9.69 Å². The number of esters is 1.